The third kappa shape index (κ3) is 4.82. The van der Waals surface area contributed by atoms with Crippen molar-refractivity contribution in [1.29, 1.82) is 5.26 Å². The van der Waals surface area contributed by atoms with Gasteiger partial charge in [-0.05, 0) is 51.2 Å². The van der Waals surface area contributed by atoms with Crippen LogP contribution in [-0.2, 0) is 24.2 Å². The van der Waals surface area contributed by atoms with Gasteiger partial charge in [0.05, 0.1) is 5.56 Å². The number of hydrogen-bond donors (Lipinski definition) is 0. The number of nitriles is 1. The van der Waals surface area contributed by atoms with Gasteiger partial charge in [-0.2, -0.15) is 5.26 Å². The monoisotopic (exact) mass is 493 g/mol. The molecule has 2 atom stereocenters. The van der Waals surface area contributed by atoms with E-state index in [0.29, 0.717) is 25.2 Å². The van der Waals surface area contributed by atoms with Crippen LogP contribution in [0.2, 0.25) is 5.15 Å². The number of carbonyl (C=O) groups is 1. The Bertz CT molecular complexity index is 1140. The van der Waals surface area contributed by atoms with E-state index in [0.717, 1.165) is 49.3 Å². The van der Waals surface area contributed by atoms with Crippen LogP contribution in [0.15, 0.2) is 30.3 Å². The number of halogens is 1. The zero-order valence-electron chi connectivity index (χ0n) is 20.6. The van der Waals surface area contributed by atoms with E-state index in [-0.39, 0.29) is 23.3 Å². The van der Waals surface area contributed by atoms with E-state index >= 15 is 0 Å². The fraction of sp³-hybridized carbons (Fsp3) is 0.519. The number of anilines is 1. The molecule has 2 bridgehead atoms. The molecule has 35 heavy (non-hydrogen) atoms. The summed E-state index contributed by atoms with van der Waals surface area (Å²) in [7, 11) is 0. The number of likely N-dealkylation sites (tertiary alicyclic amines) is 1. The van der Waals surface area contributed by atoms with Gasteiger partial charge >= 0.3 is 6.09 Å². The van der Waals surface area contributed by atoms with Crippen molar-refractivity contribution in [3.05, 3.63) is 57.7 Å². The number of amides is 1. The Balaban J connectivity index is 1.41. The van der Waals surface area contributed by atoms with Gasteiger partial charge in [0, 0.05) is 50.4 Å². The predicted molar refractivity (Wildman–Crippen MR) is 135 cm³/mol. The highest BCUT2D eigenvalue weighted by atomic mass is 35.5. The molecule has 1 aromatic carbocycles. The van der Waals surface area contributed by atoms with Crippen LogP contribution in [0, 0.1) is 11.3 Å². The smallest absolute Gasteiger partial charge is 0.410 e. The molecule has 5 rings (SSSR count). The summed E-state index contributed by atoms with van der Waals surface area (Å²) >= 11 is 6.60. The zero-order valence-corrected chi connectivity index (χ0v) is 21.4. The maximum absolute atomic E-state index is 12.7. The average Bonchev–Trinajstić information content (AvgIpc) is 3.06. The van der Waals surface area contributed by atoms with Crippen LogP contribution in [0.4, 0.5) is 10.6 Å². The van der Waals surface area contributed by atoms with Crippen LogP contribution < -0.4 is 4.90 Å². The van der Waals surface area contributed by atoms with Crippen LogP contribution >= 0.6 is 11.6 Å². The lowest BCUT2D eigenvalue weighted by atomic mass is 9.95. The molecular weight excluding hydrogens is 462 g/mol. The third-order valence-electron chi connectivity index (χ3n) is 7.15. The van der Waals surface area contributed by atoms with Gasteiger partial charge in [0.1, 0.15) is 22.6 Å². The topological polar surface area (TPSA) is 72.7 Å². The zero-order chi connectivity index (χ0) is 24.7. The average molecular weight is 494 g/mol. The van der Waals surface area contributed by atoms with Gasteiger partial charge in [-0.25, -0.2) is 9.78 Å². The van der Waals surface area contributed by atoms with E-state index in [1.165, 1.54) is 5.56 Å². The van der Waals surface area contributed by atoms with E-state index < -0.39 is 5.60 Å². The van der Waals surface area contributed by atoms with Crippen molar-refractivity contribution < 1.29 is 9.53 Å². The van der Waals surface area contributed by atoms with Gasteiger partial charge < -0.3 is 14.5 Å². The number of hydrogen-bond acceptors (Lipinski definition) is 6. The van der Waals surface area contributed by atoms with Crippen molar-refractivity contribution in [2.24, 2.45) is 0 Å². The van der Waals surface area contributed by atoms with Crippen molar-refractivity contribution >= 4 is 23.5 Å². The highest BCUT2D eigenvalue weighted by molar-refractivity contribution is 6.30. The molecule has 0 unspecified atom stereocenters. The molecule has 0 N–H and O–H groups in total. The van der Waals surface area contributed by atoms with Gasteiger partial charge in [-0.1, -0.05) is 41.9 Å². The summed E-state index contributed by atoms with van der Waals surface area (Å²) < 4.78 is 5.63. The van der Waals surface area contributed by atoms with Gasteiger partial charge in [-0.3, -0.25) is 4.90 Å². The Morgan fingerprint density at radius 1 is 1.17 bits per heavy atom. The van der Waals surface area contributed by atoms with E-state index in [9.17, 15) is 10.1 Å². The summed E-state index contributed by atoms with van der Waals surface area (Å²) in [6, 6.07) is 13.1. The fourth-order valence-corrected chi connectivity index (χ4v) is 5.90. The summed E-state index contributed by atoms with van der Waals surface area (Å²) in [6.45, 7) is 9.31. The number of fused-ring (bicyclic) bond motifs is 3. The number of carbonyl (C=O) groups excluding carboxylic acids is 1. The third-order valence-corrected chi connectivity index (χ3v) is 7.42. The summed E-state index contributed by atoms with van der Waals surface area (Å²) in [4.78, 5) is 24.1. The van der Waals surface area contributed by atoms with Gasteiger partial charge in [0.15, 0.2) is 0 Å². The van der Waals surface area contributed by atoms with Crippen LogP contribution in [0.25, 0.3) is 0 Å². The summed E-state index contributed by atoms with van der Waals surface area (Å²) in [6.07, 6.45) is 2.57. The molecule has 3 aliphatic heterocycles. The van der Waals surface area contributed by atoms with Crippen molar-refractivity contribution in [3.8, 4) is 6.07 Å². The Hall–Kier alpha value is -2.82. The molecule has 1 amide bonds. The molecule has 2 saturated heterocycles. The molecule has 0 aliphatic carbocycles. The lowest BCUT2D eigenvalue weighted by Crippen LogP contribution is -2.56. The summed E-state index contributed by atoms with van der Waals surface area (Å²) in [5.41, 5.74) is 3.37. The number of pyridine rings is 1. The molecule has 8 heteroatoms. The molecular formula is C27H32ClN5O2. The molecule has 0 spiro atoms. The first-order valence-corrected chi connectivity index (χ1v) is 12.7. The van der Waals surface area contributed by atoms with Crippen molar-refractivity contribution in [2.45, 2.75) is 70.8 Å². The van der Waals surface area contributed by atoms with Crippen molar-refractivity contribution in [3.63, 3.8) is 0 Å². The molecule has 2 fully saturated rings. The SMILES string of the molecule is CC(C)(C)OC(=O)N1C[C@H]2CC[C@@H](C1)N2c1nc(Cl)c(C#N)c2c1CCN(Cc1ccccc1)C2. The maximum atomic E-state index is 12.7. The highest BCUT2D eigenvalue weighted by Crippen LogP contribution is 2.40. The minimum absolute atomic E-state index is 0.171. The Labute approximate surface area is 212 Å². The van der Waals surface area contributed by atoms with Gasteiger partial charge in [0.2, 0.25) is 0 Å². The maximum Gasteiger partial charge on any atom is 0.410 e. The van der Waals surface area contributed by atoms with Gasteiger partial charge in [-0.15, -0.1) is 0 Å². The molecule has 3 aliphatic rings. The Kier molecular flexibility index (Phi) is 6.37. The summed E-state index contributed by atoms with van der Waals surface area (Å²) in [5, 5.41) is 10.2. The standard InChI is InChI=1S/C27H32ClN5O2/c1-27(2,3)35-26(34)32-15-19-9-10-20(16-32)33(19)25-21-11-12-31(14-18-7-5-4-6-8-18)17-23(21)22(13-29)24(28)30-25/h4-8,19-20H,9-12,14-17H2,1-3H3/t19-,20+. The first kappa shape index (κ1) is 23.9. The molecule has 7 nitrogen and oxygen atoms in total. The number of rotatable bonds is 3. The Morgan fingerprint density at radius 2 is 1.86 bits per heavy atom. The molecule has 184 valence electrons. The molecule has 2 aromatic rings. The second-order valence-electron chi connectivity index (χ2n) is 10.8. The van der Waals surface area contributed by atoms with Crippen molar-refractivity contribution in [1.82, 2.24) is 14.8 Å². The van der Waals surface area contributed by atoms with E-state index in [1.54, 1.807) is 0 Å². The predicted octanol–water partition coefficient (Wildman–Crippen LogP) is 4.75. The quantitative estimate of drug-likeness (QED) is 0.574. The minimum Gasteiger partial charge on any atom is -0.444 e. The minimum atomic E-state index is -0.514. The molecule has 0 radical (unpaired) electrons. The second kappa shape index (κ2) is 9.33. The fourth-order valence-electron chi connectivity index (χ4n) is 5.66. The van der Waals surface area contributed by atoms with Crippen LogP contribution in [0.5, 0.6) is 0 Å². The number of nitrogens with zero attached hydrogens (tertiary/aromatic N) is 5. The molecule has 4 heterocycles. The number of ether oxygens (including phenoxy) is 1. The lowest BCUT2D eigenvalue weighted by molar-refractivity contribution is 0.0209. The highest BCUT2D eigenvalue weighted by Gasteiger charge is 2.44. The van der Waals surface area contributed by atoms with E-state index in [1.807, 2.05) is 31.7 Å². The number of aromatic nitrogens is 1. The first-order valence-electron chi connectivity index (χ1n) is 12.4. The van der Waals surface area contributed by atoms with Crippen LogP contribution in [-0.4, -0.2) is 58.2 Å². The van der Waals surface area contributed by atoms with E-state index in [4.69, 9.17) is 21.3 Å². The second-order valence-corrected chi connectivity index (χ2v) is 11.2. The van der Waals surface area contributed by atoms with Crippen LogP contribution in [0.3, 0.4) is 0 Å². The normalized spacial score (nSPS) is 22.0. The number of benzene rings is 1. The first-order chi connectivity index (χ1) is 16.7. The molecule has 0 saturated carbocycles. The van der Waals surface area contributed by atoms with E-state index in [2.05, 4.69) is 40.1 Å². The Morgan fingerprint density at radius 3 is 2.49 bits per heavy atom. The lowest BCUT2D eigenvalue weighted by Gasteiger charge is -2.43. The molecule has 1 aromatic heterocycles. The largest absolute Gasteiger partial charge is 0.444 e. The van der Waals surface area contributed by atoms with Crippen molar-refractivity contribution in [2.75, 3.05) is 24.5 Å². The summed E-state index contributed by atoms with van der Waals surface area (Å²) in [5.74, 6) is 0.902. The van der Waals surface area contributed by atoms with Gasteiger partial charge in [0.25, 0.3) is 0 Å². The number of piperazine rings is 1. The van der Waals surface area contributed by atoms with Crippen LogP contribution in [0.1, 0.15) is 55.9 Å².